The maximum absolute atomic E-state index is 13.8. The number of benzene rings is 2. The molecule has 296 valence electrons. The first-order valence-electron chi connectivity index (χ1n) is 19.3. The molecule has 2 aromatic heterocycles. The Kier molecular flexibility index (Phi) is 12.7. The van der Waals surface area contributed by atoms with Crippen molar-refractivity contribution in [1.82, 2.24) is 46.5 Å². The van der Waals surface area contributed by atoms with Crippen LogP contribution in [0.2, 0.25) is 0 Å². The summed E-state index contributed by atoms with van der Waals surface area (Å²) in [6, 6.07) is 17.8. The van der Waals surface area contributed by atoms with E-state index in [9.17, 15) is 19.2 Å². The SMILES string of the molecule is Cc1nc(C(=O)N[C@@H]2CCN(C)C2)ccc1-c1ccc(C[C@H](NC(=O)C2CCC(CNC(=O)OC(C)(C)C)CC2)C(=O)Nc2ccc(-c3nn[nH]n3)cc2)cc1. The van der Waals surface area contributed by atoms with Gasteiger partial charge in [0.05, 0.1) is 0 Å². The predicted molar refractivity (Wildman–Crippen MR) is 211 cm³/mol. The van der Waals surface area contributed by atoms with E-state index in [2.05, 4.69) is 51.8 Å². The molecule has 2 atom stereocenters. The number of rotatable bonds is 12. The van der Waals surface area contributed by atoms with Crippen molar-refractivity contribution in [3.63, 3.8) is 0 Å². The van der Waals surface area contributed by atoms with Crippen molar-refractivity contribution < 1.29 is 23.9 Å². The fourth-order valence-corrected chi connectivity index (χ4v) is 7.25. The number of hydrogen-bond acceptors (Lipinski definition) is 10. The Morgan fingerprint density at radius 1 is 0.929 bits per heavy atom. The van der Waals surface area contributed by atoms with Crippen LogP contribution in [0.25, 0.3) is 22.5 Å². The average molecular weight is 765 g/mol. The number of nitrogens with one attached hydrogen (secondary N) is 5. The zero-order chi connectivity index (χ0) is 39.8. The summed E-state index contributed by atoms with van der Waals surface area (Å²) in [5.74, 6) is -0.257. The maximum atomic E-state index is 13.8. The number of H-pyrrole nitrogens is 1. The normalized spacial score (nSPS) is 19.1. The number of alkyl carbamates (subject to hydrolysis) is 1. The number of ether oxygens (including phenoxy) is 1. The van der Waals surface area contributed by atoms with E-state index in [1.165, 1.54) is 0 Å². The van der Waals surface area contributed by atoms with Gasteiger partial charge in [0.25, 0.3) is 5.91 Å². The standard InChI is InChI=1S/C41H52N10O5/c1-25-33(18-19-34(43-25)38(53)45-32-20-21-51(5)24-32)28-10-6-26(7-11-28)22-35(39(54)44-31-16-14-29(15-17-31)36-47-49-50-48-36)46-37(52)30-12-8-27(9-13-30)23-42-40(55)56-41(2,3)4/h6-7,10-11,14-19,27,30,32,35H,8-9,12-13,20-24H2,1-5H3,(H,42,55)(H,44,54)(H,45,53)(H,46,52)(H,47,48,49,50)/t27?,30?,32-,35+/m1/s1. The third kappa shape index (κ3) is 11.0. The van der Waals surface area contributed by atoms with Gasteiger partial charge in [-0.1, -0.05) is 30.3 Å². The molecular weight excluding hydrogens is 713 g/mol. The molecule has 2 aromatic carbocycles. The second-order valence-electron chi connectivity index (χ2n) is 15.9. The maximum Gasteiger partial charge on any atom is 0.407 e. The number of aromatic amines is 1. The molecule has 0 radical (unpaired) electrons. The zero-order valence-corrected chi connectivity index (χ0v) is 32.7. The lowest BCUT2D eigenvalue weighted by Gasteiger charge is -2.29. The average Bonchev–Trinajstić information content (AvgIpc) is 3.86. The van der Waals surface area contributed by atoms with E-state index >= 15 is 0 Å². The van der Waals surface area contributed by atoms with Gasteiger partial charge in [-0.25, -0.2) is 9.78 Å². The molecule has 6 rings (SSSR count). The van der Waals surface area contributed by atoms with Crippen molar-refractivity contribution in [3.05, 3.63) is 77.6 Å². The Labute approximate surface area is 327 Å². The molecule has 56 heavy (non-hydrogen) atoms. The van der Waals surface area contributed by atoms with Crippen LogP contribution in [0.15, 0.2) is 60.7 Å². The van der Waals surface area contributed by atoms with Gasteiger partial charge in [-0.2, -0.15) is 5.21 Å². The van der Waals surface area contributed by atoms with Gasteiger partial charge in [-0.15, -0.1) is 10.2 Å². The monoisotopic (exact) mass is 764 g/mol. The number of aryl methyl sites for hydroxylation is 1. The largest absolute Gasteiger partial charge is 0.444 e. The Hall–Kier alpha value is -5.70. The minimum absolute atomic E-state index is 0.121. The first-order valence-corrected chi connectivity index (χ1v) is 19.3. The van der Waals surface area contributed by atoms with Gasteiger partial charge < -0.3 is 30.9 Å². The van der Waals surface area contributed by atoms with Crippen LogP contribution in [0.3, 0.4) is 0 Å². The smallest absolute Gasteiger partial charge is 0.407 e. The lowest BCUT2D eigenvalue weighted by atomic mass is 9.81. The molecule has 2 fully saturated rings. The Bertz CT molecular complexity index is 1970. The first kappa shape index (κ1) is 40.0. The van der Waals surface area contributed by atoms with E-state index in [-0.39, 0.29) is 42.0 Å². The first-order chi connectivity index (χ1) is 26.8. The lowest BCUT2D eigenvalue weighted by molar-refractivity contribution is -0.130. The number of carbonyl (C=O) groups is 4. The van der Waals surface area contributed by atoms with Gasteiger partial charge in [0.1, 0.15) is 17.3 Å². The highest BCUT2D eigenvalue weighted by Crippen LogP contribution is 2.29. The number of likely N-dealkylation sites (N-methyl/N-ethyl adjacent to an activating group) is 1. The molecule has 0 bridgehead atoms. The van der Waals surface area contributed by atoms with Crippen LogP contribution in [0, 0.1) is 18.8 Å². The molecule has 15 heteroatoms. The van der Waals surface area contributed by atoms with Gasteiger partial charge in [0, 0.05) is 54.0 Å². The van der Waals surface area contributed by atoms with Crippen LogP contribution in [0.4, 0.5) is 10.5 Å². The Morgan fingerprint density at radius 2 is 1.64 bits per heavy atom. The molecule has 1 aliphatic heterocycles. The van der Waals surface area contributed by atoms with E-state index in [0.29, 0.717) is 36.6 Å². The minimum atomic E-state index is -0.849. The second-order valence-corrected chi connectivity index (χ2v) is 15.9. The van der Waals surface area contributed by atoms with E-state index in [4.69, 9.17) is 4.74 Å². The van der Waals surface area contributed by atoms with Gasteiger partial charge >= 0.3 is 6.09 Å². The number of aromatic nitrogens is 5. The molecule has 4 amide bonds. The molecule has 0 unspecified atom stereocenters. The fourth-order valence-electron chi connectivity index (χ4n) is 7.25. The Balaban J connectivity index is 1.10. The lowest BCUT2D eigenvalue weighted by Crippen LogP contribution is -2.48. The summed E-state index contributed by atoms with van der Waals surface area (Å²) >= 11 is 0. The molecule has 15 nitrogen and oxygen atoms in total. The summed E-state index contributed by atoms with van der Waals surface area (Å²) in [5.41, 5.74) is 4.53. The molecule has 1 saturated heterocycles. The number of nitrogens with zero attached hydrogens (tertiary/aromatic N) is 5. The quantitative estimate of drug-likeness (QED) is 0.135. The number of tetrazole rings is 1. The van der Waals surface area contributed by atoms with Crippen LogP contribution >= 0.6 is 0 Å². The second kappa shape index (κ2) is 17.8. The number of pyridine rings is 1. The van der Waals surface area contributed by atoms with Gasteiger partial charge in [0.15, 0.2) is 0 Å². The van der Waals surface area contributed by atoms with Gasteiger partial charge in [-0.3, -0.25) is 14.4 Å². The topological polar surface area (TPSA) is 196 Å². The predicted octanol–water partition coefficient (Wildman–Crippen LogP) is 4.67. The third-order valence-electron chi connectivity index (χ3n) is 10.3. The third-order valence-corrected chi connectivity index (χ3v) is 10.3. The van der Waals surface area contributed by atoms with Crippen molar-refractivity contribution in [3.8, 4) is 22.5 Å². The minimum Gasteiger partial charge on any atom is -0.444 e. The van der Waals surface area contributed by atoms with E-state index in [1.807, 2.05) is 65.1 Å². The van der Waals surface area contributed by atoms with Gasteiger partial charge in [0.2, 0.25) is 17.6 Å². The van der Waals surface area contributed by atoms with Crippen LogP contribution in [-0.2, 0) is 20.7 Å². The number of anilines is 1. The summed E-state index contributed by atoms with van der Waals surface area (Å²) in [7, 11) is 2.05. The summed E-state index contributed by atoms with van der Waals surface area (Å²) in [5, 5.41) is 26.0. The summed E-state index contributed by atoms with van der Waals surface area (Å²) < 4.78 is 5.36. The van der Waals surface area contributed by atoms with E-state index in [1.54, 1.807) is 30.3 Å². The molecule has 2 aliphatic rings. The number of amides is 4. The summed E-state index contributed by atoms with van der Waals surface area (Å²) in [6.07, 6.45) is 3.60. The molecule has 3 heterocycles. The van der Waals surface area contributed by atoms with Crippen LogP contribution in [0.1, 0.15) is 74.6 Å². The van der Waals surface area contributed by atoms with Crippen molar-refractivity contribution in [2.45, 2.75) is 83.9 Å². The number of carbonyl (C=O) groups excluding carboxylic acids is 4. The molecule has 0 spiro atoms. The highest BCUT2D eigenvalue weighted by Gasteiger charge is 2.30. The van der Waals surface area contributed by atoms with Crippen molar-refractivity contribution in [2.24, 2.45) is 11.8 Å². The fraction of sp³-hybridized carbons (Fsp3) is 0.463. The summed E-state index contributed by atoms with van der Waals surface area (Å²) in [6.45, 7) is 9.64. The Morgan fingerprint density at radius 3 is 2.27 bits per heavy atom. The van der Waals surface area contributed by atoms with Crippen LogP contribution < -0.4 is 21.3 Å². The van der Waals surface area contributed by atoms with Gasteiger partial charge in [-0.05, 0) is 126 Å². The zero-order valence-electron chi connectivity index (χ0n) is 32.7. The number of hydrogen-bond donors (Lipinski definition) is 5. The summed E-state index contributed by atoms with van der Waals surface area (Å²) in [4.78, 5) is 59.4. The molecule has 5 N–H and O–H groups in total. The van der Waals surface area contributed by atoms with Crippen molar-refractivity contribution in [1.29, 1.82) is 0 Å². The number of likely N-dealkylation sites (tertiary alicyclic amines) is 1. The van der Waals surface area contributed by atoms with Crippen molar-refractivity contribution >= 4 is 29.5 Å². The highest BCUT2D eigenvalue weighted by atomic mass is 16.6. The molecule has 1 saturated carbocycles. The highest BCUT2D eigenvalue weighted by molar-refractivity contribution is 5.98. The van der Waals surface area contributed by atoms with E-state index in [0.717, 1.165) is 60.3 Å². The van der Waals surface area contributed by atoms with Crippen LogP contribution in [-0.4, -0.2) is 98.7 Å². The molecule has 4 aromatic rings. The molecule has 1 aliphatic carbocycles. The molecular formula is C41H52N10O5. The van der Waals surface area contributed by atoms with Crippen LogP contribution in [0.5, 0.6) is 0 Å². The van der Waals surface area contributed by atoms with E-state index < -0.39 is 17.7 Å². The van der Waals surface area contributed by atoms with Crippen molar-refractivity contribution in [2.75, 3.05) is 32.0 Å².